The Morgan fingerprint density at radius 1 is 0.833 bits per heavy atom. The van der Waals surface area contributed by atoms with Crippen LogP contribution in [0.2, 0.25) is 0 Å². The second kappa shape index (κ2) is 7.33. The zero-order chi connectivity index (χ0) is 20.6. The maximum atomic E-state index is 5.59. The standard InChI is InChI=1S/C23H22N6O/c1-30-21-8-5-16(12-25-21)19-11-20(29-28-19)23(9-2-10-23)18-6-3-15(4-7-18)17-13-26-22(24)27-14-17/h3-8,12-14H,2,9-11H2,1H3,(H2,24,26,27). The molecule has 1 aromatic carbocycles. The van der Waals surface area contributed by atoms with E-state index in [2.05, 4.69) is 49.4 Å². The average molecular weight is 398 g/mol. The number of methoxy groups -OCH3 is 1. The van der Waals surface area contributed by atoms with Crippen molar-refractivity contribution < 1.29 is 4.74 Å². The van der Waals surface area contributed by atoms with E-state index in [-0.39, 0.29) is 11.4 Å². The highest BCUT2D eigenvalue weighted by atomic mass is 16.5. The van der Waals surface area contributed by atoms with E-state index in [0.29, 0.717) is 5.88 Å². The molecule has 150 valence electrons. The first-order chi connectivity index (χ1) is 14.7. The number of nitrogen functional groups attached to an aromatic ring is 1. The minimum Gasteiger partial charge on any atom is -0.481 e. The van der Waals surface area contributed by atoms with Crippen LogP contribution in [0.1, 0.15) is 36.8 Å². The maximum Gasteiger partial charge on any atom is 0.219 e. The number of pyridine rings is 1. The minimum atomic E-state index is -0.0265. The lowest BCUT2D eigenvalue weighted by Crippen LogP contribution is -2.42. The van der Waals surface area contributed by atoms with Gasteiger partial charge in [0.2, 0.25) is 11.8 Å². The van der Waals surface area contributed by atoms with Crippen LogP contribution in [-0.2, 0) is 5.41 Å². The summed E-state index contributed by atoms with van der Waals surface area (Å²) in [5.41, 5.74) is 12.0. The highest BCUT2D eigenvalue weighted by Gasteiger charge is 2.44. The van der Waals surface area contributed by atoms with Crippen molar-refractivity contribution in [2.24, 2.45) is 10.2 Å². The van der Waals surface area contributed by atoms with Gasteiger partial charge in [0, 0.05) is 47.6 Å². The van der Waals surface area contributed by atoms with Gasteiger partial charge in [0.1, 0.15) is 0 Å². The van der Waals surface area contributed by atoms with E-state index < -0.39 is 0 Å². The minimum absolute atomic E-state index is 0.0265. The topological polar surface area (TPSA) is 98.6 Å². The average Bonchev–Trinajstić information content (AvgIpc) is 3.24. The molecule has 0 bridgehead atoms. The zero-order valence-electron chi connectivity index (χ0n) is 16.7. The van der Waals surface area contributed by atoms with Gasteiger partial charge < -0.3 is 10.5 Å². The summed E-state index contributed by atoms with van der Waals surface area (Å²) in [6.45, 7) is 0. The number of nitrogens with zero attached hydrogens (tertiary/aromatic N) is 5. The van der Waals surface area contributed by atoms with E-state index in [1.807, 2.05) is 12.1 Å². The quantitative estimate of drug-likeness (QED) is 0.705. The summed E-state index contributed by atoms with van der Waals surface area (Å²) in [6, 6.07) is 12.5. The number of nitrogens with two attached hydrogens (primary N) is 1. The Bertz CT molecular complexity index is 1110. The van der Waals surface area contributed by atoms with E-state index in [0.717, 1.165) is 47.4 Å². The Balaban J connectivity index is 1.36. The van der Waals surface area contributed by atoms with Crippen molar-refractivity contribution in [1.29, 1.82) is 0 Å². The van der Waals surface area contributed by atoms with Crippen molar-refractivity contribution in [2.75, 3.05) is 12.8 Å². The SMILES string of the molecule is COc1ccc(C2=NN=C(C3(c4ccc(-c5cnc(N)nc5)cc4)CCC3)C2)cn1. The van der Waals surface area contributed by atoms with Crippen LogP contribution in [0.25, 0.3) is 11.1 Å². The van der Waals surface area contributed by atoms with Gasteiger partial charge in [-0.15, -0.1) is 0 Å². The molecule has 2 N–H and O–H groups in total. The van der Waals surface area contributed by atoms with Crippen LogP contribution in [0.3, 0.4) is 0 Å². The predicted molar refractivity (Wildman–Crippen MR) is 117 cm³/mol. The van der Waals surface area contributed by atoms with E-state index >= 15 is 0 Å². The highest BCUT2D eigenvalue weighted by molar-refractivity contribution is 6.18. The van der Waals surface area contributed by atoms with Gasteiger partial charge in [-0.3, -0.25) is 0 Å². The molecule has 0 saturated heterocycles. The number of rotatable bonds is 5. The van der Waals surface area contributed by atoms with Crippen molar-refractivity contribution >= 4 is 17.4 Å². The first-order valence-electron chi connectivity index (χ1n) is 10.0. The van der Waals surface area contributed by atoms with Gasteiger partial charge >= 0.3 is 0 Å². The third kappa shape index (κ3) is 3.12. The summed E-state index contributed by atoms with van der Waals surface area (Å²) in [7, 11) is 1.61. The van der Waals surface area contributed by atoms with Gasteiger partial charge in [-0.2, -0.15) is 10.2 Å². The molecule has 5 rings (SSSR count). The molecular weight excluding hydrogens is 376 g/mol. The van der Waals surface area contributed by atoms with Gasteiger partial charge in [0.15, 0.2) is 0 Å². The molecule has 7 heteroatoms. The fourth-order valence-electron chi connectivity index (χ4n) is 4.19. The van der Waals surface area contributed by atoms with E-state index in [1.54, 1.807) is 25.7 Å². The molecule has 2 aliphatic rings. The van der Waals surface area contributed by atoms with Crippen LogP contribution in [0.4, 0.5) is 5.95 Å². The largest absolute Gasteiger partial charge is 0.481 e. The van der Waals surface area contributed by atoms with Gasteiger partial charge in [-0.25, -0.2) is 15.0 Å². The van der Waals surface area contributed by atoms with Gasteiger partial charge in [-0.05, 0) is 30.0 Å². The third-order valence-corrected chi connectivity index (χ3v) is 6.11. The van der Waals surface area contributed by atoms with Crippen LogP contribution >= 0.6 is 0 Å². The lowest BCUT2D eigenvalue weighted by molar-refractivity contribution is 0.338. The molecule has 1 fully saturated rings. The summed E-state index contributed by atoms with van der Waals surface area (Å²) in [6.07, 6.45) is 9.45. The van der Waals surface area contributed by atoms with Crippen molar-refractivity contribution in [1.82, 2.24) is 15.0 Å². The second-order valence-corrected chi connectivity index (χ2v) is 7.70. The smallest absolute Gasteiger partial charge is 0.219 e. The van der Waals surface area contributed by atoms with Crippen molar-refractivity contribution in [3.8, 4) is 17.0 Å². The summed E-state index contributed by atoms with van der Waals surface area (Å²) in [5.74, 6) is 0.881. The first kappa shape index (κ1) is 18.4. The Labute approximate surface area is 174 Å². The Hall–Kier alpha value is -3.61. The van der Waals surface area contributed by atoms with Crippen LogP contribution in [0.5, 0.6) is 5.88 Å². The van der Waals surface area contributed by atoms with E-state index in [1.165, 1.54) is 12.0 Å². The van der Waals surface area contributed by atoms with Crippen molar-refractivity contribution in [2.45, 2.75) is 31.1 Å². The van der Waals surface area contributed by atoms with E-state index in [4.69, 9.17) is 10.5 Å². The fourth-order valence-corrected chi connectivity index (χ4v) is 4.19. The molecule has 1 aliphatic carbocycles. The monoisotopic (exact) mass is 398 g/mol. The molecule has 30 heavy (non-hydrogen) atoms. The molecule has 1 saturated carbocycles. The first-order valence-corrected chi connectivity index (χ1v) is 10.0. The van der Waals surface area contributed by atoms with Crippen LogP contribution in [-0.4, -0.2) is 33.5 Å². The Kier molecular flexibility index (Phi) is 4.50. The summed E-state index contributed by atoms with van der Waals surface area (Å²) in [4.78, 5) is 12.5. The van der Waals surface area contributed by atoms with Crippen molar-refractivity contribution in [3.63, 3.8) is 0 Å². The second-order valence-electron chi connectivity index (χ2n) is 7.70. The summed E-state index contributed by atoms with van der Waals surface area (Å²) >= 11 is 0. The lowest BCUT2D eigenvalue weighted by atomic mass is 9.60. The van der Waals surface area contributed by atoms with Gasteiger partial charge in [0.25, 0.3) is 0 Å². The number of hydrogen-bond donors (Lipinski definition) is 1. The van der Waals surface area contributed by atoms with Crippen molar-refractivity contribution in [3.05, 3.63) is 66.1 Å². The summed E-state index contributed by atoms with van der Waals surface area (Å²) in [5, 5.41) is 9.09. The molecular formula is C23H22N6O. The number of benzene rings is 1. The van der Waals surface area contributed by atoms with Gasteiger partial charge in [0.05, 0.1) is 18.5 Å². The molecule has 0 unspecified atom stereocenters. The number of ether oxygens (including phenoxy) is 1. The molecule has 1 aliphatic heterocycles. The van der Waals surface area contributed by atoms with Crippen LogP contribution < -0.4 is 10.5 Å². The number of anilines is 1. The Morgan fingerprint density at radius 3 is 2.13 bits per heavy atom. The van der Waals surface area contributed by atoms with Crippen LogP contribution in [0.15, 0.2) is 65.2 Å². The molecule has 0 atom stereocenters. The van der Waals surface area contributed by atoms with Crippen LogP contribution in [0, 0.1) is 0 Å². The molecule has 2 aromatic heterocycles. The molecule has 0 radical (unpaired) electrons. The Morgan fingerprint density at radius 2 is 1.53 bits per heavy atom. The normalized spacial score (nSPS) is 17.1. The zero-order valence-corrected chi connectivity index (χ0v) is 16.7. The molecule has 0 amide bonds. The third-order valence-electron chi connectivity index (χ3n) is 6.11. The molecule has 3 aromatic rings. The van der Waals surface area contributed by atoms with E-state index in [9.17, 15) is 0 Å². The summed E-state index contributed by atoms with van der Waals surface area (Å²) < 4.78 is 5.15. The number of aromatic nitrogens is 3. The predicted octanol–water partition coefficient (Wildman–Crippen LogP) is 3.80. The number of hydrogen-bond acceptors (Lipinski definition) is 7. The lowest BCUT2D eigenvalue weighted by Gasteiger charge is -2.42. The molecule has 3 heterocycles. The highest BCUT2D eigenvalue weighted by Crippen LogP contribution is 2.47. The maximum absolute atomic E-state index is 5.59. The fraction of sp³-hybridized carbons (Fsp3) is 0.261. The molecule has 7 nitrogen and oxygen atoms in total. The van der Waals surface area contributed by atoms with Gasteiger partial charge in [-0.1, -0.05) is 30.7 Å². The molecule has 0 spiro atoms.